The van der Waals surface area contributed by atoms with Crippen molar-refractivity contribution in [3.05, 3.63) is 47.9 Å². The van der Waals surface area contributed by atoms with Crippen molar-refractivity contribution in [3.63, 3.8) is 0 Å². The Morgan fingerprint density at radius 3 is 3.10 bits per heavy atom. The van der Waals surface area contributed by atoms with Crippen LogP contribution in [0.3, 0.4) is 0 Å². The van der Waals surface area contributed by atoms with Crippen LogP contribution in [0, 0.1) is 0 Å². The Bertz CT molecular complexity index is 713. The van der Waals surface area contributed by atoms with E-state index >= 15 is 0 Å². The fourth-order valence-corrected chi connectivity index (χ4v) is 2.21. The van der Waals surface area contributed by atoms with E-state index in [-0.39, 0.29) is 5.97 Å². The molecule has 0 bridgehead atoms. The zero-order valence-electron chi connectivity index (χ0n) is 11.2. The second kappa shape index (κ2) is 5.28. The molecule has 2 aromatic heterocycles. The fraction of sp³-hybridized carbons (Fsp3) is 0.267. The maximum atomic E-state index is 11.9. The number of esters is 1. The zero-order valence-corrected chi connectivity index (χ0v) is 11.2. The monoisotopic (exact) mass is 269 g/mol. The third-order valence-corrected chi connectivity index (χ3v) is 3.15. The first kappa shape index (κ1) is 12.6. The van der Waals surface area contributed by atoms with Crippen molar-refractivity contribution in [2.75, 3.05) is 6.61 Å². The number of carbonyl (C=O) groups excluding carboxylic acids is 1. The molecule has 0 unspecified atom stereocenters. The van der Waals surface area contributed by atoms with Crippen LogP contribution >= 0.6 is 0 Å². The number of carbonyl (C=O) groups is 1. The van der Waals surface area contributed by atoms with E-state index < -0.39 is 0 Å². The molecule has 0 aliphatic heterocycles. The molecule has 0 spiro atoms. The number of nitrogens with zero attached hydrogens (tertiary/aromatic N) is 3. The standard InChI is InChI=1S/C15H15N3O2/c1-2-20-15(19)12-8-9-16-18-10-13(17-14(12)18)11-6-4-3-5-7-11/h4,6-10H,2-3,5H2,1H3. The van der Waals surface area contributed by atoms with E-state index in [4.69, 9.17) is 4.74 Å². The highest BCUT2D eigenvalue weighted by molar-refractivity contribution is 5.96. The van der Waals surface area contributed by atoms with E-state index in [0.717, 1.165) is 24.1 Å². The number of hydrogen-bond acceptors (Lipinski definition) is 4. The summed E-state index contributed by atoms with van der Waals surface area (Å²) in [6.45, 7) is 2.12. The predicted octanol–water partition coefficient (Wildman–Crippen LogP) is 2.64. The summed E-state index contributed by atoms with van der Waals surface area (Å²) in [5.41, 5.74) is 2.86. The van der Waals surface area contributed by atoms with E-state index in [0.29, 0.717) is 17.8 Å². The number of allylic oxidation sites excluding steroid dienone is 4. The van der Waals surface area contributed by atoms with Gasteiger partial charge in [-0.1, -0.05) is 18.2 Å². The zero-order chi connectivity index (χ0) is 13.9. The largest absolute Gasteiger partial charge is 0.462 e. The first-order valence-electron chi connectivity index (χ1n) is 6.68. The molecule has 1 aliphatic rings. The average Bonchev–Trinajstić information content (AvgIpc) is 2.92. The Labute approximate surface area is 116 Å². The normalized spacial score (nSPS) is 14.3. The Morgan fingerprint density at radius 2 is 2.35 bits per heavy atom. The molecular weight excluding hydrogens is 254 g/mol. The molecule has 0 amide bonds. The molecule has 0 saturated carbocycles. The maximum absolute atomic E-state index is 11.9. The van der Waals surface area contributed by atoms with Gasteiger partial charge in [0.25, 0.3) is 0 Å². The van der Waals surface area contributed by atoms with Crippen molar-refractivity contribution in [2.45, 2.75) is 19.8 Å². The number of ether oxygens (including phenoxy) is 1. The summed E-state index contributed by atoms with van der Waals surface area (Å²) in [4.78, 5) is 16.4. The smallest absolute Gasteiger partial charge is 0.342 e. The molecule has 0 saturated heterocycles. The molecule has 3 rings (SSSR count). The Morgan fingerprint density at radius 1 is 1.45 bits per heavy atom. The van der Waals surface area contributed by atoms with Crippen molar-refractivity contribution in [1.29, 1.82) is 0 Å². The summed E-state index contributed by atoms with van der Waals surface area (Å²) >= 11 is 0. The van der Waals surface area contributed by atoms with Gasteiger partial charge in [0.2, 0.25) is 0 Å². The minimum absolute atomic E-state index is 0.342. The lowest BCUT2D eigenvalue weighted by Gasteiger charge is -2.02. The third-order valence-electron chi connectivity index (χ3n) is 3.15. The number of fused-ring (bicyclic) bond motifs is 1. The lowest BCUT2D eigenvalue weighted by molar-refractivity contribution is 0.0527. The topological polar surface area (TPSA) is 56.5 Å². The molecule has 0 radical (unpaired) electrons. The number of imidazole rings is 1. The first-order valence-corrected chi connectivity index (χ1v) is 6.68. The minimum Gasteiger partial charge on any atom is -0.462 e. The van der Waals surface area contributed by atoms with Gasteiger partial charge in [-0.15, -0.1) is 0 Å². The van der Waals surface area contributed by atoms with Gasteiger partial charge in [0, 0.05) is 6.20 Å². The van der Waals surface area contributed by atoms with E-state index in [1.54, 1.807) is 23.7 Å². The van der Waals surface area contributed by atoms with E-state index in [1.807, 2.05) is 6.20 Å². The molecule has 1 aliphatic carbocycles. The van der Waals surface area contributed by atoms with Crippen LogP contribution < -0.4 is 0 Å². The van der Waals surface area contributed by atoms with Gasteiger partial charge in [0.05, 0.1) is 18.5 Å². The van der Waals surface area contributed by atoms with E-state index in [9.17, 15) is 4.79 Å². The molecule has 0 fully saturated rings. The van der Waals surface area contributed by atoms with Crippen molar-refractivity contribution in [3.8, 4) is 0 Å². The molecule has 0 N–H and O–H groups in total. The van der Waals surface area contributed by atoms with Gasteiger partial charge in [-0.3, -0.25) is 0 Å². The predicted molar refractivity (Wildman–Crippen MR) is 75.3 cm³/mol. The Balaban J connectivity index is 2.07. The van der Waals surface area contributed by atoms with Crippen molar-refractivity contribution in [1.82, 2.24) is 14.6 Å². The van der Waals surface area contributed by atoms with Crippen molar-refractivity contribution >= 4 is 17.2 Å². The van der Waals surface area contributed by atoms with Crippen LogP contribution in [0.1, 0.15) is 35.8 Å². The van der Waals surface area contributed by atoms with Crippen LogP contribution in [0.4, 0.5) is 0 Å². The number of rotatable bonds is 3. The van der Waals surface area contributed by atoms with Crippen LogP contribution in [-0.4, -0.2) is 27.2 Å². The van der Waals surface area contributed by atoms with Gasteiger partial charge < -0.3 is 4.74 Å². The number of hydrogen-bond donors (Lipinski definition) is 0. The summed E-state index contributed by atoms with van der Waals surface area (Å²) in [5.74, 6) is -0.370. The molecule has 0 aromatic carbocycles. The summed E-state index contributed by atoms with van der Waals surface area (Å²) in [6.07, 6.45) is 11.8. The molecule has 0 atom stereocenters. The molecule has 2 heterocycles. The first-order chi connectivity index (χ1) is 9.79. The molecule has 102 valence electrons. The van der Waals surface area contributed by atoms with Crippen molar-refractivity contribution in [2.24, 2.45) is 0 Å². The summed E-state index contributed by atoms with van der Waals surface area (Å²) < 4.78 is 6.66. The van der Waals surface area contributed by atoms with Gasteiger partial charge >= 0.3 is 5.97 Å². The quantitative estimate of drug-likeness (QED) is 0.804. The maximum Gasteiger partial charge on any atom is 0.342 e. The van der Waals surface area contributed by atoms with Crippen LogP contribution in [-0.2, 0) is 4.74 Å². The fourth-order valence-electron chi connectivity index (χ4n) is 2.21. The van der Waals surface area contributed by atoms with Gasteiger partial charge in [0.1, 0.15) is 5.56 Å². The second-order valence-corrected chi connectivity index (χ2v) is 4.50. The van der Waals surface area contributed by atoms with Crippen LogP contribution in [0.2, 0.25) is 0 Å². The van der Waals surface area contributed by atoms with Crippen molar-refractivity contribution < 1.29 is 9.53 Å². The molecule has 5 nitrogen and oxygen atoms in total. The lowest BCUT2D eigenvalue weighted by atomic mass is 10.1. The minimum atomic E-state index is -0.370. The lowest BCUT2D eigenvalue weighted by Crippen LogP contribution is -2.07. The summed E-state index contributed by atoms with van der Waals surface area (Å²) in [5, 5.41) is 4.19. The Kier molecular flexibility index (Phi) is 3.33. The van der Waals surface area contributed by atoms with Gasteiger partial charge in [-0.25, -0.2) is 14.3 Å². The third kappa shape index (κ3) is 2.22. The molecule has 2 aromatic rings. The highest BCUT2D eigenvalue weighted by Gasteiger charge is 2.15. The second-order valence-electron chi connectivity index (χ2n) is 4.50. The summed E-state index contributed by atoms with van der Waals surface area (Å²) in [6, 6.07) is 1.63. The number of aromatic nitrogens is 3. The van der Waals surface area contributed by atoms with Crippen LogP contribution in [0.25, 0.3) is 11.2 Å². The van der Waals surface area contributed by atoms with Crippen LogP contribution in [0.15, 0.2) is 36.7 Å². The van der Waals surface area contributed by atoms with E-state index in [2.05, 4.69) is 28.3 Å². The summed E-state index contributed by atoms with van der Waals surface area (Å²) in [7, 11) is 0. The van der Waals surface area contributed by atoms with Gasteiger partial charge in [-0.05, 0) is 31.4 Å². The SMILES string of the molecule is CCOC(=O)c1ccnn2cc(C3=CCCC=C3)nc12. The van der Waals surface area contributed by atoms with E-state index in [1.165, 1.54) is 0 Å². The highest BCUT2D eigenvalue weighted by atomic mass is 16.5. The Hall–Kier alpha value is -2.43. The highest BCUT2D eigenvalue weighted by Crippen LogP contribution is 2.21. The molecular formula is C15H15N3O2. The van der Waals surface area contributed by atoms with Gasteiger partial charge in [0.15, 0.2) is 5.65 Å². The molecule has 5 heteroatoms. The van der Waals surface area contributed by atoms with Crippen LogP contribution in [0.5, 0.6) is 0 Å². The van der Waals surface area contributed by atoms with Gasteiger partial charge in [-0.2, -0.15) is 5.10 Å². The average molecular weight is 269 g/mol. The molecule has 20 heavy (non-hydrogen) atoms.